The van der Waals surface area contributed by atoms with Crippen LogP contribution in [0.25, 0.3) is 16.1 Å². The Kier molecular flexibility index (Phi) is 6.75. The van der Waals surface area contributed by atoms with Crippen LogP contribution in [0.15, 0.2) is 78.8 Å². The van der Waals surface area contributed by atoms with Crippen molar-refractivity contribution < 1.29 is 0 Å². The van der Waals surface area contributed by atoms with Crippen molar-refractivity contribution in [3.8, 4) is 10.4 Å². The topological polar surface area (TPSA) is 76.1 Å². The number of anilines is 2. The monoisotopic (exact) mass is 404 g/mol. The fraction of sp³-hybridized carbons (Fsp3) is 0.167. The molecule has 3 rings (SSSR count). The van der Waals surface area contributed by atoms with Gasteiger partial charge < -0.3 is 22.1 Å². The first kappa shape index (κ1) is 20.7. The van der Waals surface area contributed by atoms with E-state index in [1.165, 1.54) is 4.88 Å². The summed E-state index contributed by atoms with van der Waals surface area (Å²) < 4.78 is 0. The Morgan fingerprint density at radius 1 is 1.10 bits per heavy atom. The number of nitrogens with two attached hydrogens (primary N) is 2. The number of likely N-dealkylation sites (N-methyl/N-ethyl adjacent to an activating group) is 1. The Balaban J connectivity index is 1.68. The van der Waals surface area contributed by atoms with E-state index in [1.807, 2.05) is 37.3 Å². The Bertz CT molecular complexity index is 975. The first-order valence-corrected chi connectivity index (χ1v) is 10.5. The van der Waals surface area contributed by atoms with Crippen LogP contribution in [-0.2, 0) is 6.42 Å². The summed E-state index contributed by atoms with van der Waals surface area (Å²) in [7, 11) is 0. The highest BCUT2D eigenvalue weighted by Gasteiger charge is 2.09. The molecule has 0 radical (unpaired) electrons. The van der Waals surface area contributed by atoms with Gasteiger partial charge in [-0.3, -0.25) is 0 Å². The number of nitrogens with one attached hydrogen (secondary N) is 2. The first-order valence-electron chi connectivity index (χ1n) is 9.64. The molecule has 0 spiro atoms. The maximum absolute atomic E-state index is 6.20. The molecule has 6 N–H and O–H groups in total. The van der Waals surface area contributed by atoms with Gasteiger partial charge in [0.25, 0.3) is 0 Å². The van der Waals surface area contributed by atoms with Crippen molar-refractivity contribution in [3.63, 3.8) is 0 Å². The van der Waals surface area contributed by atoms with E-state index in [0.717, 1.165) is 46.7 Å². The van der Waals surface area contributed by atoms with Gasteiger partial charge in [-0.15, -0.1) is 11.3 Å². The van der Waals surface area contributed by atoms with E-state index >= 15 is 0 Å². The van der Waals surface area contributed by atoms with Crippen molar-refractivity contribution in [1.82, 2.24) is 5.32 Å². The fourth-order valence-electron chi connectivity index (χ4n) is 3.07. The molecule has 1 unspecified atom stereocenters. The maximum Gasteiger partial charge on any atom is 0.0624 e. The first-order chi connectivity index (χ1) is 14.0. The van der Waals surface area contributed by atoms with Gasteiger partial charge in [0.15, 0.2) is 0 Å². The number of hydrogen-bond acceptors (Lipinski definition) is 5. The van der Waals surface area contributed by atoms with Crippen LogP contribution in [0.5, 0.6) is 0 Å². The van der Waals surface area contributed by atoms with Crippen LogP contribution in [-0.4, -0.2) is 12.6 Å². The van der Waals surface area contributed by atoms with Gasteiger partial charge in [-0.1, -0.05) is 49.6 Å². The van der Waals surface area contributed by atoms with E-state index in [2.05, 4.69) is 53.4 Å². The summed E-state index contributed by atoms with van der Waals surface area (Å²) in [5.41, 5.74) is 18.9. The summed E-state index contributed by atoms with van der Waals surface area (Å²) in [4.78, 5) is 1.21. The fourth-order valence-corrected chi connectivity index (χ4v) is 3.80. The summed E-state index contributed by atoms with van der Waals surface area (Å²) in [6, 6.07) is 18.3. The van der Waals surface area contributed by atoms with Crippen LogP contribution in [0, 0.1) is 0 Å². The molecule has 4 nitrogen and oxygen atoms in total. The van der Waals surface area contributed by atoms with E-state index in [4.69, 9.17) is 11.5 Å². The number of benzene rings is 2. The summed E-state index contributed by atoms with van der Waals surface area (Å²) >= 11 is 1.71. The van der Waals surface area contributed by atoms with Crippen LogP contribution in [0.3, 0.4) is 0 Å². The van der Waals surface area contributed by atoms with Gasteiger partial charge in [0.05, 0.1) is 11.4 Å². The largest absolute Gasteiger partial charge is 0.397 e. The molecule has 1 aromatic heterocycles. The van der Waals surface area contributed by atoms with Gasteiger partial charge in [-0.05, 0) is 53.6 Å². The molecule has 29 heavy (non-hydrogen) atoms. The van der Waals surface area contributed by atoms with E-state index in [1.54, 1.807) is 11.3 Å². The van der Waals surface area contributed by atoms with Crippen molar-refractivity contribution in [2.75, 3.05) is 17.6 Å². The summed E-state index contributed by atoms with van der Waals surface area (Å²) in [5.74, 6) is 0. The molecular weight excluding hydrogens is 376 g/mol. The zero-order valence-electron chi connectivity index (χ0n) is 16.7. The summed E-state index contributed by atoms with van der Waals surface area (Å²) in [6.07, 6.45) is 0.738. The molecule has 2 aromatic carbocycles. The SMILES string of the molecule is C=C(Nc1cc(-c2cccs2)ccc1N)c1ccc(CC(N)C(=C)NCC)cc1. The Morgan fingerprint density at radius 2 is 1.86 bits per heavy atom. The van der Waals surface area contributed by atoms with E-state index in [9.17, 15) is 0 Å². The third-order valence-corrected chi connectivity index (χ3v) is 5.67. The minimum atomic E-state index is -0.109. The van der Waals surface area contributed by atoms with Crippen molar-refractivity contribution >= 4 is 28.4 Å². The molecule has 0 saturated heterocycles. The second-order valence-electron chi connectivity index (χ2n) is 6.95. The van der Waals surface area contributed by atoms with Crippen molar-refractivity contribution in [1.29, 1.82) is 0 Å². The lowest BCUT2D eigenvalue weighted by Crippen LogP contribution is -2.32. The molecule has 0 fully saturated rings. The van der Waals surface area contributed by atoms with Crippen LogP contribution < -0.4 is 22.1 Å². The van der Waals surface area contributed by atoms with Gasteiger partial charge in [-0.2, -0.15) is 0 Å². The summed E-state index contributed by atoms with van der Waals surface area (Å²) in [5, 5.41) is 8.62. The lowest BCUT2D eigenvalue weighted by molar-refractivity contribution is 0.682. The molecule has 0 aliphatic carbocycles. The lowest BCUT2D eigenvalue weighted by Gasteiger charge is -2.17. The van der Waals surface area contributed by atoms with Gasteiger partial charge in [0.1, 0.15) is 0 Å². The highest BCUT2D eigenvalue weighted by molar-refractivity contribution is 7.13. The normalized spacial score (nSPS) is 11.7. The zero-order chi connectivity index (χ0) is 20.8. The van der Waals surface area contributed by atoms with Gasteiger partial charge in [-0.25, -0.2) is 0 Å². The highest BCUT2D eigenvalue weighted by Crippen LogP contribution is 2.31. The number of thiophene rings is 1. The molecule has 0 amide bonds. The standard InChI is InChI=1S/C24H28N4S/c1-4-27-17(3)22(26)14-18-7-9-19(10-8-18)16(2)28-23-15-20(11-12-21(23)25)24-6-5-13-29-24/h5-13,15,22,27-28H,2-4,14,25-26H2,1H3. The van der Waals surface area contributed by atoms with E-state index in [0.29, 0.717) is 5.69 Å². The lowest BCUT2D eigenvalue weighted by atomic mass is 10.0. The third kappa shape index (κ3) is 5.28. The third-order valence-electron chi connectivity index (χ3n) is 4.75. The minimum absolute atomic E-state index is 0.109. The molecule has 0 aliphatic heterocycles. The predicted molar refractivity (Wildman–Crippen MR) is 128 cm³/mol. The molecule has 150 valence electrons. The molecule has 3 aromatic rings. The van der Waals surface area contributed by atoms with Crippen LogP contribution >= 0.6 is 11.3 Å². The summed E-state index contributed by atoms with van der Waals surface area (Å²) in [6.45, 7) is 11.0. The predicted octanol–water partition coefficient (Wildman–Crippen LogP) is 5.07. The minimum Gasteiger partial charge on any atom is -0.397 e. The Morgan fingerprint density at radius 3 is 2.52 bits per heavy atom. The van der Waals surface area contributed by atoms with Gasteiger partial charge >= 0.3 is 0 Å². The van der Waals surface area contributed by atoms with Crippen molar-refractivity contribution in [2.24, 2.45) is 5.73 Å². The van der Waals surface area contributed by atoms with Crippen LogP contribution in [0.4, 0.5) is 11.4 Å². The van der Waals surface area contributed by atoms with E-state index < -0.39 is 0 Å². The highest BCUT2D eigenvalue weighted by atomic mass is 32.1. The molecule has 1 atom stereocenters. The quantitative estimate of drug-likeness (QED) is 0.376. The van der Waals surface area contributed by atoms with Crippen LogP contribution in [0.2, 0.25) is 0 Å². The molecule has 5 heteroatoms. The number of rotatable bonds is 9. The van der Waals surface area contributed by atoms with Gasteiger partial charge in [0.2, 0.25) is 0 Å². The Hall–Kier alpha value is -3.02. The second-order valence-corrected chi connectivity index (χ2v) is 7.89. The average Bonchev–Trinajstić information content (AvgIpc) is 3.25. The van der Waals surface area contributed by atoms with Crippen LogP contribution in [0.1, 0.15) is 18.1 Å². The van der Waals surface area contributed by atoms with Crippen molar-refractivity contribution in [2.45, 2.75) is 19.4 Å². The van der Waals surface area contributed by atoms with Gasteiger partial charge in [0, 0.05) is 28.9 Å². The zero-order valence-corrected chi connectivity index (χ0v) is 17.6. The molecular formula is C24H28N4S. The maximum atomic E-state index is 6.20. The number of hydrogen-bond donors (Lipinski definition) is 4. The average molecular weight is 405 g/mol. The second kappa shape index (κ2) is 9.45. The Labute approximate surface area is 177 Å². The van der Waals surface area contributed by atoms with Crippen molar-refractivity contribution in [3.05, 3.63) is 90.0 Å². The smallest absolute Gasteiger partial charge is 0.0624 e. The molecule has 0 aliphatic rings. The molecule has 0 bridgehead atoms. The molecule has 0 saturated carbocycles. The van der Waals surface area contributed by atoms with E-state index in [-0.39, 0.29) is 6.04 Å². The number of nitrogen functional groups attached to an aromatic ring is 1. The molecule has 1 heterocycles.